The molecular formula is C16H11FIN3O2. The van der Waals surface area contributed by atoms with Crippen LogP contribution in [0.5, 0.6) is 0 Å². The average molecular weight is 423 g/mol. The fourth-order valence-electron chi connectivity index (χ4n) is 2.26. The van der Waals surface area contributed by atoms with Crippen LogP contribution in [0.25, 0.3) is 11.0 Å². The van der Waals surface area contributed by atoms with Crippen molar-refractivity contribution in [3.05, 3.63) is 57.2 Å². The second-order valence-electron chi connectivity index (χ2n) is 4.93. The number of hydrogen-bond acceptors (Lipinski definition) is 4. The standard InChI is InChI=1S/C16H11FIN3O2/c1-8-6-9(18)2-3-11(8)21-14-10(16(22)23)7-12-15(13(14)17)20-5-4-19-12/h2-7,21H,1H3,(H,22,23). The van der Waals surface area contributed by atoms with Crippen LogP contribution in [0.4, 0.5) is 15.8 Å². The van der Waals surface area contributed by atoms with Crippen molar-refractivity contribution in [2.24, 2.45) is 0 Å². The number of halogens is 2. The molecule has 0 aliphatic carbocycles. The number of carboxylic acids is 1. The molecule has 0 aliphatic rings. The van der Waals surface area contributed by atoms with E-state index in [9.17, 15) is 14.3 Å². The molecule has 2 aromatic carbocycles. The first kappa shape index (κ1) is 15.6. The zero-order valence-electron chi connectivity index (χ0n) is 12.0. The van der Waals surface area contributed by atoms with E-state index in [1.807, 2.05) is 19.1 Å². The van der Waals surface area contributed by atoms with E-state index in [1.54, 1.807) is 6.07 Å². The molecule has 0 fully saturated rings. The number of fused-ring (bicyclic) bond motifs is 1. The van der Waals surface area contributed by atoms with E-state index in [0.29, 0.717) is 5.69 Å². The molecule has 2 N–H and O–H groups in total. The van der Waals surface area contributed by atoms with Gasteiger partial charge in [-0.05, 0) is 59.3 Å². The fraction of sp³-hybridized carbons (Fsp3) is 0.0625. The third kappa shape index (κ3) is 2.96. The second-order valence-corrected chi connectivity index (χ2v) is 6.17. The molecule has 116 valence electrons. The van der Waals surface area contributed by atoms with E-state index in [4.69, 9.17) is 0 Å². The summed E-state index contributed by atoms with van der Waals surface area (Å²) in [5.74, 6) is -1.96. The lowest BCUT2D eigenvalue weighted by Gasteiger charge is -2.14. The molecule has 5 nitrogen and oxygen atoms in total. The molecule has 3 rings (SSSR count). The van der Waals surface area contributed by atoms with Crippen molar-refractivity contribution >= 4 is 51.0 Å². The Morgan fingerprint density at radius 1 is 1.26 bits per heavy atom. The summed E-state index contributed by atoms with van der Waals surface area (Å²) in [6.45, 7) is 1.86. The van der Waals surface area contributed by atoms with Crippen molar-refractivity contribution in [3.63, 3.8) is 0 Å². The number of nitrogens with one attached hydrogen (secondary N) is 1. The topological polar surface area (TPSA) is 75.1 Å². The van der Waals surface area contributed by atoms with Crippen molar-refractivity contribution in [2.75, 3.05) is 5.32 Å². The Kier molecular flexibility index (Phi) is 4.12. The van der Waals surface area contributed by atoms with Gasteiger partial charge in [0.25, 0.3) is 0 Å². The van der Waals surface area contributed by atoms with Crippen molar-refractivity contribution in [3.8, 4) is 0 Å². The number of anilines is 2. The number of nitrogens with zero attached hydrogens (tertiary/aromatic N) is 2. The van der Waals surface area contributed by atoms with Crippen molar-refractivity contribution < 1.29 is 14.3 Å². The zero-order chi connectivity index (χ0) is 16.6. The molecular weight excluding hydrogens is 412 g/mol. The molecule has 0 saturated heterocycles. The van der Waals surface area contributed by atoms with Crippen molar-refractivity contribution in [1.82, 2.24) is 9.97 Å². The van der Waals surface area contributed by atoms with Gasteiger partial charge in [0.05, 0.1) is 16.8 Å². The minimum absolute atomic E-state index is 0.0307. The van der Waals surface area contributed by atoms with Crippen LogP contribution in [0.2, 0.25) is 0 Å². The molecule has 0 amide bonds. The van der Waals surface area contributed by atoms with Crippen LogP contribution in [-0.4, -0.2) is 21.0 Å². The molecule has 0 unspecified atom stereocenters. The van der Waals surface area contributed by atoms with E-state index >= 15 is 0 Å². The van der Waals surface area contributed by atoms with Crippen LogP contribution in [0, 0.1) is 16.3 Å². The maximum Gasteiger partial charge on any atom is 0.338 e. The summed E-state index contributed by atoms with van der Waals surface area (Å²) in [6, 6.07) is 6.87. The van der Waals surface area contributed by atoms with E-state index in [1.165, 1.54) is 18.5 Å². The Morgan fingerprint density at radius 2 is 2.00 bits per heavy atom. The number of aromatic carboxylic acids is 1. The third-order valence-electron chi connectivity index (χ3n) is 3.38. The summed E-state index contributed by atoms with van der Waals surface area (Å²) in [7, 11) is 0. The van der Waals surface area contributed by atoms with E-state index in [2.05, 4.69) is 37.9 Å². The molecule has 0 radical (unpaired) electrons. The molecule has 1 aromatic heterocycles. The van der Waals surface area contributed by atoms with Crippen LogP contribution >= 0.6 is 22.6 Å². The monoisotopic (exact) mass is 423 g/mol. The normalized spacial score (nSPS) is 10.7. The molecule has 23 heavy (non-hydrogen) atoms. The van der Waals surface area contributed by atoms with Gasteiger partial charge < -0.3 is 10.4 Å². The second kappa shape index (κ2) is 6.07. The number of rotatable bonds is 3. The van der Waals surface area contributed by atoms with Gasteiger partial charge in [-0.15, -0.1) is 0 Å². The predicted molar refractivity (Wildman–Crippen MR) is 93.6 cm³/mol. The summed E-state index contributed by atoms with van der Waals surface area (Å²) in [6.07, 6.45) is 2.76. The fourth-order valence-corrected chi connectivity index (χ4v) is 2.91. The number of benzene rings is 2. The third-order valence-corrected chi connectivity index (χ3v) is 4.05. The van der Waals surface area contributed by atoms with Gasteiger partial charge in [0.2, 0.25) is 0 Å². The molecule has 1 heterocycles. The number of aryl methyl sites for hydroxylation is 1. The highest BCUT2D eigenvalue weighted by Gasteiger charge is 2.20. The summed E-state index contributed by atoms with van der Waals surface area (Å²) in [5.41, 5.74) is 1.45. The average Bonchev–Trinajstić information content (AvgIpc) is 2.52. The maximum absolute atomic E-state index is 14.8. The summed E-state index contributed by atoms with van der Waals surface area (Å²) in [5, 5.41) is 12.3. The predicted octanol–water partition coefficient (Wildman–Crippen LogP) is 4.12. The SMILES string of the molecule is Cc1cc(I)ccc1Nc1c(C(=O)O)cc2nccnc2c1F. The molecule has 0 spiro atoms. The molecule has 0 aliphatic heterocycles. The lowest BCUT2D eigenvalue weighted by Crippen LogP contribution is -2.07. The molecule has 0 bridgehead atoms. The van der Waals surface area contributed by atoms with E-state index in [0.717, 1.165) is 9.13 Å². The first-order chi connectivity index (χ1) is 11.0. The first-order valence-corrected chi connectivity index (χ1v) is 7.75. The Hall–Kier alpha value is -2.29. The van der Waals surface area contributed by atoms with Crippen LogP contribution in [-0.2, 0) is 0 Å². The molecule has 0 saturated carbocycles. The highest BCUT2D eigenvalue weighted by molar-refractivity contribution is 14.1. The quantitative estimate of drug-likeness (QED) is 0.620. The van der Waals surface area contributed by atoms with Gasteiger partial charge in [-0.2, -0.15) is 0 Å². The largest absolute Gasteiger partial charge is 0.478 e. The minimum atomic E-state index is -1.23. The first-order valence-electron chi connectivity index (χ1n) is 6.67. The van der Waals surface area contributed by atoms with Gasteiger partial charge in [-0.3, -0.25) is 4.98 Å². The number of carboxylic acid groups (broad SMARTS) is 1. The van der Waals surface area contributed by atoms with E-state index < -0.39 is 11.8 Å². The smallest absolute Gasteiger partial charge is 0.338 e. The number of carbonyl (C=O) groups is 1. The summed E-state index contributed by atoms with van der Waals surface area (Å²) < 4.78 is 15.8. The Morgan fingerprint density at radius 3 is 2.70 bits per heavy atom. The zero-order valence-corrected chi connectivity index (χ0v) is 14.1. The van der Waals surface area contributed by atoms with Crippen molar-refractivity contribution in [2.45, 2.75) is 6.92 Å². The number of aromatic nitrogens is 2. The molecule has 3 aromatic rings. The van der Waals surface area contributed by atoms with Gasteiger partial charge in [-0.25, -0.2) is 14.2 Å². The summed E-state index contributed by atoms with van der Waals surface area (Å²) >= 11 is 2.17. The minimum Gasteiger partial charge on any atom is -0.478 e. The summed E-state index contributed by atoms with van der Waals surface area (Å²) in [4.78, 5) is 19.4. The van der Waals surface area contributed by atoms with Gasteiger partial charge in [0, 0.05) is 21.7 Å². The molecule has 0 atom stereocenters. The molecule has 7 heteroatoms. The van der Waals surface area contributed by atoms with Gasteiger partial charge in [0.1, 0.15) is 5.52 Å². The van der Waals surface area contributed by atoms with Gasteiger partial charge in [0.15, 0.2) is 5.82 Å². The van der Waals surface area contributed by atoms with Crippen LogP contribution in [0.1, 0.15) is 15.9 Å². The highest BCUT2D eigenvalue weighted by atomic mass is 127. The van der Waals surface area contributed by atoms with Crippen LogP contribution in [0.3, 0.4) is 0 Å². The van der Waals surface area contributed by atoms with Gasteiger partial charge >= 0.3 is 5.97 Å². The van der Waals surface area contributed by atoms with Crippen LogP contribution in [0.15, 0.2) is 36.7 Å². The Labute approximate surface area is 144 Å². The van der Waals surface area contributed by atoms with Gasteiger partial charge in [-0.1, -0.05) is 0 Å². The number of hydrogen-bond donors (Lipinski definition) is 2. The lowest BCUT2D eigenvalue weighted by molar-refractivity contribution is 0.0697. The van der Waals surface area contributed by atoms with Crippen LogP contribution < -0.4 is 5.32 Å². The van der Waals surface area contributed by atoms with Crippen molar-refractivity contribution in [1.29, 1.82) is 0 Å². The lowest BCUT2D eigenvalue weighted by atomic mass is 10.1. The maximum atomic E-state index is 14.8. The Balaban J connectivity index is 2.20. The Bertz CT molecular complexity index is 931. The highest BCUT2D eigenvalue weighted by Crippen LogP contribution is 2.31. The van der Waals surface area contributed by atoms with E-state index in [-0.39, 0.29) is 22.3 Å².